The average Bonchev–Trinajstić information content (AvgIpc) is 3.84. The van der Waals surface area contributed by atoms with E-state index in [0.29, 0.717) is 39.1 Å². The number of nitrogens with zero attached hydrogens (tertiary/aromatic N) is 8. The first-order valence-corrected chi connectivity index (χ1v) is 13.3. The number of aromatic amines is 8. The molecular formula is C24H24N16O8. The maximum absolute atomic E-state index is 11.3. The quantitative estimate of drug-likeness (QED) is 0.0765. The number of imidazole rings is 4. The van der Waals surface area contributed by atoms with Crippen LogP contribution in [0.5, 0.6) is 0 Å². The molecule has 0 aliphatic heterocycles. The minimum absolute atomic E-state index is 0.247. The second-order valence-electron chi connectivity index (χ2n) is 9.76. The number of aromatic nitrogens is 16. The van der Waals surface area contributed by atoms with E-state index in [-0.39, 0.29) is 11.1 Å². The number of fused-ring (bicyclic) bond motifs is 4. The van der Waals surface area contributed by atoms with Gasteiger partial charge < -0.3 is 19.1 Å². The number of rotatable bonds is 0. The Bertz CT molecular complexity index is 2910. The SMILES string of the molecule is Cn1c(=O)[nH]c(=O)c2[nH]cnc21.Cn1c(=O)[nH]c2nc[nH]c2c1=O.Cn1cnc2[nH]c(=O)[nH]c(=O)c21.Cn1cnc2c(=O)[nH]c(=O)[nH]c21. The molecule has 0 radical (unpaired) electrons. The van der Waals surface area contributed by atoms with Crippen LogP contribution in [0.3, 0.4) is 0 Å². The first-order valence-electron chi connectivity index (χ1n) is 13.3. The number of H-pyrrole nitrogens is 8. The fourth-order valence-corrected chi connectivity index (χ4v) is 4.18. The van der Waals surface area contributed by atoms with Gasteiger partial charge in [-0.15, -0.1) is 0 Å². The molecule has 0 amide bonds. The molecule has 8 rings (SSSR count). The van der Waals surface area contributed by atoms with Crippen LogP contribution in [0, 0.1) is 0 Å². The summed E-state index contributed by atoms with van der Waals surface area (Å²) in [5.41, 5.74) is -1.01. The summed E-state index contributed by atoms with van der Waals surface area (Å²) in [5, 5.41) is 0. The number of nitrogens with one attached hydrogen (secondary N) is 8. The Hall–Kier alpha value is -7.40. The van der Waals surface area contributed by atoms with Crippen LogP contribution in [-0.2, 0) is 28.2 Å². The molecule has 24 heteroatoms. The van der Waals surface area contributed by atoms with Gasteiger partial charge >= 0.3 is 22.8 Å². The third-order valence-electron chi connectivity index (χ3n) is 6.60. The monoisotopic (exact) mass is 664 g/mol. The van der Waals surface area contributed by atoms with Crippen LogP contribution in [-0.4, -0.2) is 78.1 Å². The van der Waals surface area contributed by atoms with Gasteiger partial charge in [0, 0.05) is 28.2 Å². The highest BCUT2D eigenvalue weighted by Crippen LogP contribution is 1.99. The van der Waals surface area contributed by atoms with Crippen molar-refractivity contribution in [1.82, 2.24) is 78.1 Å². The summed E-state index contributed by atoms with van der Waals surface area (Å²) in [7, 11) is 6.33. The third kappa shape index (κ3) is 6.10. The molecule has 0 aromatic carbocycles. The largest absolute Gasteiger partial charge is 0.339 e. The maximum atomic E-state index is 11.3. The number of aryl methyl sites for hydroxylation is 3. The lowest BCUT2D eigenvalue weighted by Gasteiger charge is -1.94. The van der Waals surface area contributed by atoms with E-state index in [1.165, 1.54) is 36.9 Å². The van der Waals surface area contributed by atoms with Gasteiger partial charge in [-0.2, -0.15) is 0 Å². The fraction of sp³-hybridized carbons (Fsp3) is 0.167. The highest BCUT2D eigenvalue weighted by Gasteiger charge is 2.07. The Labute approximate surface area is 259 Å². The molecule has 0 aliphatic carbocycles. The Kier molecular flexibility index (Phi) is 8.36. The molecule has 8 aromatic rings. The van der Waals surface area contributed by atoms with Crippen LogP contribution >= 0.6 is 0 Å². The van der Waals surface area contributed by atoms with Crippen molar-refractivity contribution in [2.45, 2.75) is 0 Å². The summed E-state index contributed by atoms with van der Waals surface area (Å²) < 4.78 is 5.38. The summed E-state index contributed by atoms with van der Waals surface area (Å²) in [5.74, 6) is 0. The summed E-state index contributed by atoms with van der Waals surface area (Å²) in [6.07, 6.45) is 5.67. The molecule has 248 valence electrons. The van der Waals surface area contributed by atoms with Gasteiger partial charge in [0.15, 0.2) is 28.0 Å². The van der Waals surface area contributed by atoms with Gasteiger partial charge in [0.2, 0.25) is 0 Å². The topological polar surface area (TPSA) is 334 Å². The van der Waals surface area contributed by atoms with Crippen molar-refractivity contribution in [3.8, 4) is 0 Å². The van der Waals surface area contributed by atoms with E-state index in [0.717, 1.165) is 4.57 Å². The highest BCUT2D eigenvalue weighted by molar-refractivity contribution is 5.70. The molecule has 8 aromatic heterocycles. The van der Waals surface area contributed by atoms with Gasteiger partial charge in [-0.05, 0) is 0 Å². The molecular weight excluding hydrogens is 640 g/mol. The second-order valence-corrected chi connectivity index (χ2v) is 9.76. The van der Waals surface area contributed by atoms with Crippen LogP contribution in [0.1, 0.15) is 0 Å². The van der Waals surface area contributed by atoms with Crippen molar-refractivity contribution in [3.05, 3.63) is 109 Å². The van der Waals surface area contributed by atoms with Gasteiger partial charge in [0.05, 0.1) is 25.3 Å². The van der Waals surface area contributed by atoms with E-state index in [1.54, 1.807) is 30.3 Å². The zero-order valence-corrected chi connectivity index (χ0v) is 25.2. The lowest BCUT2D eigenvalue weighted by atomic mass is 10.5. The molecule has 0 saturated carbocycles. The van der Waals surface area contributed by atoms with Crippen molar-refractivity contribution in [2.24, 2.45) is 28.2 Å². The van der Waals surface area contributed by atoms with Crippen LogP contribution < -0.4 is 45.0 Å². The van der Waals surface area contributed by atoms with Gasteiger partial charge in [0.1, 0.15) is 16.7 Å². The molecule has 8 N–H and O–H groups in total. The van der Waals surface area contributed by atoms with Crippen LogP contribution in [0.4, 0.5) is 0 Å². The Morgan fingerprint density at radius 1 is 0.542 bits per heavy atom. The summed E-state index contributed by atoms with van der Waals surface area (Å²) in [6.45, 7) is 0. The van der Waals surface area contributed by atoms with E-state index in [9.17, 15) is 38.4 Å². The van der Waals surface area contributed by atoms with E-state index in [4.69, 9.17) is 0 Å². The van der Waals surface area contributed by atoms with Crippen molar-refractivity contribution in [2.75, 3.05) is 0 Å². The molecule has 0 aliphatic rings. The molecule has 0 spiro atoms. The molecule has 0 atom stereocenters. The lowest BCUT2D eigenvalue weighted by Crippen LogP contribution is -2.32. The highest BCUT2D eigenvalue weighted by atomic mass is 16.2. The summed E-state index contributed by atoms with van der Waals surface area (Å²) >= 11 is 0. The normalized spacial score (nSPS) is 10.8. The van der Waals surface area contributed by atoms with Gasteiger partial charge in [-0.25, -0.2) is 39.1 Å². The van der Waals surface area contributed by atoms with E-state index >= 15 is 0 Å². The van der Waals surface area contributed by atoms with Crippen molar-refractivity contribution < 1.29 is 0 Å². The van der Waals surface area contributed by atoms with Crippen molar-refractivity contribution in [1.29, 1.82) is 0 Å². The van der Waals surface area contributed by atoms with Gasteiger partial charge in [0.25, 0.3) is 22.2 Å². The van der Waals surface area contributed by atoms with Crippen LogP contribution in [0.15, 0.2) is 63.7 Å². The minimum atomic E-state index is -0.536. The van der Waals surface area contributed by atoms with Gasteiger partial charge in [-0.1, -0.05) is 0 Å². The molecule has 0 bridgehead atoms. The first-order chi connectivity index (χ1) is 22.8. The van der Waals surface area contributed by atoms with E-state index < -0.39 is 39.4 Å². The van der Waals surface area contributed by atoms with E-state index in [1.807, 2.05) is 0 Å². The smallest absolute Gasteiger partial charge is 0.329 e. The lowest BCUT2D eigenvalue weighted by molar-refractivity contribution is 0.790. The first kappa shape index (κ1) is 32.0. The molecule has 8 heterocycles. The zero-order chi connectivity index (χ0) is 34.9. The second kappa shape index (κ2) is 12.5. The molecule has 48 heavy (non-hydrogen) atoms. The van der Waals surface area contributed by atoms with Crippen LogP contribution in [0.2, 0.25) is 0 Å². The summed E-state index contributed by atoms with van der Waals surface area (Å²) in [6, 6.07) is 0. The van der Waals surface area contributed by atoms with Crippen molar-refractivity contribution in [3.63, 3.8) is 0 Å². The van der Waals surface area contributed by atoms with Gasteiger partial charge in [-0.3, -0.25) is 58.2 Å². The standard InChI is InChI=1S/4C6H6N4O2/c1-10-2-7-4-3(10)5(11)9-6(12)8-4;1-10-2-7-3-4(10)8-6(12)9-5(3)11;1-10-4-3(7-2-8-4)5(11)9-6(10)12;1-10-5(11)3-4(8-2-7-3)9-6(10)12/h2*2H,1H3,(H2,8,9,11,12);2H,1H3,(H,7,8)(H,9,11,12);2H,1H3,(H,7,8)(H,9,12). The Morgan fingerprint density at radius 3 is 1.92 bits per heavy atom. The molecule has 0 fully saturated rings. The molecule has 0 saturated heterocycles. The maximum Gasteiger partial charge on any atom is 0.329 e. The third-order valence-corrected chi connectivity index (χ3v) is 6.60. The van der Waals surface area contributed by atoms with E-state index in [2.05, 4.69) is 59.8 Å². The molecule has 0 unspecified atom stereocenters. The summed E-state index contributed by atoms with van der Waals surface area (Å²) in [4.78, 5) is 122. The zero-order valence-electron chi connectivity index (χ0n) is 25.2. The van der Waals surface area contributed by atoms with Crippen LogP contribution in [0.25, 0.3) is 44.7 Å². The number of hydrogen-bond donors (Lipinski definition) is 8. The fourth-order valence-electron chi connectivity index (χ4n) is 4.18. The molecule has 24 nitrogen and oxygen atoms in total. The minimum Gasteiger partial charge on any atom is -0.339 e. The van der Waals surface area contributed by atoms with Crippen molar-refractivity contribution >= 4 is 44.7 Å². The number of hydrogen-bond acceptors (Lipinski definition) is 12. The Balaban J connectivity index is 0.000000125. The predicted molar refractivity (Wildman–Crippen MR) is 168 cm³/mol. The average molecular weight is 665 g/mol. The Morgan fingerprint density at radius 2 is 1.17 bits per heavy atom. The predicted octanol–water partition coefficient (Wildman–Crippen LogP) is -4.20.